The summed E-state index contributed by atoms with van der Waals surface area (Å²) in [5.74, 6) is -3.87. The number of hydrogen-bond acceptors (Lipinski definition) is 4. The van der Waals surface area contributed by atoms with Gasteiger partial charge < -0.3 is 14.6 Å². The van der Waals surface area contributed by atoms with Gasteiger partial charge in [-0.25, -0.2) is 18.2 Å². The maximum atomic E-state index is 13.8. The fraction of sp³-hybridized carbons (Fsp3) is 0.346. The largest absolute Gasteiger partial charge is 0.449 e. The van der Waals surface area contributed by atoms with Crippen molar-refractivity contribution in [1.29, 1.82) is 0 Å². The Hall–Kier alpha value is -3.62. The molecule has 1 aliphatic carbocycles. The van der Waals surface area contributed by atoms with E-state index in [1.54, 1.807) is 32.0 Å². The molecule has 0 saturated carbocycles. The summed E-state index contributed by atoms with van der Waals surface area (Å²) in [5.41, 5.74) is 2.01. The van der Waals surface area contributed by atoms with Crippen LogP contribution in [0.25, 0.3) is 27.9 Å². The van der Waals surface area contributed by atoms with Crippen molar-refractivity contribution in [2.45, 2.75) is 44.6 Å². The van der Waals surface area contributed by atoms with Gasteiger partial charge in [0.25, 0.3) is 11.8 Å². The topological polar surface area (TPSA) is 75.4 Å². The second-order valence-electron chi connectivity index (χ2n) is 9.45. The molecule has 0 radical (unpaired) electrons. The summed E-state index contributed by atoms with van der Waals surface area (Å²) < 4.78 is 47.1. The van der Waals surface area contributed by atoms with Gasteiger partial charge in [0.15, 0.2) is 11.3 Å². The van der Waals surface area contributed by atoms with Crippen molar-refractivity contribution < 1.29 is 27.2 Å². The van der Waals surface area contributed by atoms with E-state index in [0.29, 0.717) is 46.6 Å². The number of rotatable bonds is 3. The van der Waals surface area contributed by atoms with Gasteiger partial charge in [-0.2, -0.15) is 0 Å². The highest BCUT2D eigenvalue weighted by Gasteiger charge is 2.42. The summed E-state index contributed by atoms with van der Waals surface area (Å²) in [6.45, 7) is 3.96. The molecule has 0 bridgehead atoms. The number of aromatic nitrogens is 1. The number of nitrogens with zero attached hydrogens (tertiary/aromatic N) is 2. The third kappa shape index (κ3) is 4.19. The summed E-state index contributed by atoms with van der Waals surface area (Å²) >= 11 is 0. The first kappa shape index (κ1) is 23.1. The van der Waals surface area contributed by atoms with Gasteiger partial charge in [-0.3, -0.25) is 9.59 Å². The zero-order chi connectivity index (χ0) is 25.0. The van der Waals surface area contributed by atoms with Gasteiger partial charge in [0.2, 0.25) is 5.91 Å². The van der Waals surface area contributed by atoms with Crippen LogP contribution < -0.4 is 5.32 Å². The molecule has 182 valence electrons. The Morgan fingerprint density at radius 2 is 1.91 bits per heavy atom. The molecule has 0 atom stereocenters. The van der Waals surface area contributed by atoms with Crippen LogP contribution in [0.3, 0.4) is 0 Å². The smallest absolute Gasteiger partial charge is 0.290 e. The molecule has 5 rings (SSSR count). The highest BCUT2D eigenvalue weighted by atomic mass is 19.3. The van der Waals surface area contributed by atoms with Gasteiger partial charge in [0, 0.05) is 43.1 Å². The second kappa shape index (κ2) is 8.25. The standard InChI is InChI=1S/C26H24F3N3O3/c1-25(2)24(34)30-11-12-32(25)23(33)21-14-20-22(35-21)18(15-7-9-26(28,29)10-8-15)13-19(31-20)16-3-5-17(27)6-4-16/h3-7,13-14H,8-12H2,1-2H3,(H,30,34). The van der Waals surface area contributed by atoms with Crippen LogP contribution in [-0.4, -0.2) is 46.2 Å². The maximum Gasteiger partial charge on any atom is 0.290 e. The first-order chi connectivity index (χ1) is 16.5. The van der Waals surface area contributed by atoms with Crippen LogP contribution in [0.5, 0.6) is 0 Å². The first-order valence-corrected chi connectivity index (χ1v) is 11.4. The highest BCUT2D eigenvalue weighted by molar-refractivity contribution is 6.01. The van der Waals surface area contributed by atoms with Crippen molar-refractivity contribution in [3.8, 4) is 11.3 Å². The zero-order valence-electron chi connectivity index (χ0n) is 19.3. The van der Waals surface area contributed by atoms with E-state index in [9.17, 15) is 22.8 Å². The number of benzene rings is 1. The minimum absolute atomic E-state index is 0.00882. The molecule has 6 nitrogen and oxygen atoms in total. The highest BCUT2D eigenvalue weighted by Crippen LogP contribution is 2.40. The van der Waals surface area contributed by atoms with Crippen LogP contribution in [0.4, 0.5) is 13.2 Å². The molecule has 2 aromatic heterocycles. The van der Waals surface area contributed by atoms with Crippen molar-refractivity contribution in [2.75, 3.05) is 13.1 Å². The van der Waals surface area contributed by atoms with Crippen LogP contribution in [0.2, 0.25) is 0 Å². The number of alkyl halides is 2. The van der Waals surface area contributed by atoms with Crippen LogP contribution >= 0.6 is 0 Å². The first-order valence-electron chi connectivity index (χ1n) is 11.4. The molecule has 1 aliphatic heterocycles. The lowest BCUT2D eigenvalue weighted by atomic mass is 9.90. The summed E-state index contributed by atoms with van der Waals surface area (Å²) in [4.78, 5) is 31.8. The number of hydrogen-bond donors (Lipinski definition) is 1. The molecule has 2 amide bonds. The molecule has 0 spiro atoms. The fourth-order valence-electron chi connectivity index (χ4n) is 4.56. The molecule has 9 heteroatoms. The lowest BCUT2D eigenvalue weighted by Crippen LogP contribution is -2.63. The zero-order valence-corrected chi connectivity index (χ0v) is 19.3. The van der Waals surface area contributed by atoms with Gasteiger partial charge in [0.05, 0.1) is 5.69 Å². The Bertz CT molecular complexity index is 1360. The Kier molecular flexibility index (Phi) is 5.45. The number of carbonyl (C=O) groups excluding carboxylic acids is 2. The Labute approximate surface area is 199 Å². The molecule has 1 aromatic carbocycles. The van der Waals surface area contributed by atoms with E-state index in [2.05, 4.69) is 10.3 Å². The molecule has 0 unspecified atom stereocenters. The maximum absolute atomic E-state index is 13.8. The predicted octanol–water partition coefficient (Wildman–Crippen LogP) is 5.19. The number of carbonyl (C=O) groups is 2. The molecule has 2 aliphatic rings. The van der Waals surface area contributed by atoms with E-state index in [1.807, 2.05) is 0 Å². The van der Waals surface area contributed by atoms with E-state index >= 15 is 0 Å². The van der Waals surface area contributed by atoms with Gasteiger partial charge in [0.1, 0.15) is 16.9 Å². The second-order valence-corrected chi connectivity index (χ2v) is 9.45. The van der Waals surface area contributed by atoms with Gasteiger partial charge in [-0.05, 0) is 56.2 Å². The summed E-state index contributed by atoms with van der Waals surface area (Å²) in [5, 5.41) is 2.75. The number of fused-ring (bicyclic) bond motifs is 1. The Balaban J connectivity index is 1.62. The average Bonchev–Trinajstić information content (AvgIpc) is 3.25. The molecular formula is C26H24F3N3O3. The van der Waals surface area contributed by atoms with Gasteiger partial charge in [-0.1, -0.05) is 6.08 Å². The minimum Gasteiger partial charge on any atom is -0.449 e. The molecule has 1 fully saturated rings. The van der Waals surface area contributed by atoms with E-state index < -0.39 is 23.2 Å². The normalized spacial score (nSPS) is 19.4. The minimum atomic E-state index is -2.76. The summed E-state index contributed by atoms with van der Waals surface area (Å²) in [7, 11) is 0. The van der Waals surface area contributed by atoms with Crippen LogP contribution in [0.1, 0.15) is 49.2 Å². The van der Waals surface area contributed by atoms with Gasteiger partial charge in [-0.15, -0.1) is 0 Å². The van der Waals surface area contributed by atoms with Crippen molar-refractivity contribution in [2.24, 2.45) is 0 Å². The summed E-state index contributed by atoms with van der Waals surface area (Å²) in [6, 6.07) is 9.02. The average molecular weight is 483 g/mol. The van der Waals surface area contributed by atoms with Crippen molar-refractivity contribution in [3.63, 3.8) is 0 Å². The van der Waals surface area contributed by atoms with Crippen LogP contribution in [0.15, 0.2) is 46.9 Å². The number of amides is 2. The third-order valence-corrected chi connectivity index (χ3v) is 6.68. The predicted molar refractivity (Wildman–Crippen MR) is 124 cm³/mol. The number of piperazine rings is 1. The lowest BCUT2D eigenvalue weighted by molar-refractivity contribution is -0.133. The lowest BCUT2D eigenvalue weighted by Gasteiger charge is -2.40. The number of pyridine rings is 1. The molecule has 1 N–H and O–H groups in total. The van der Waals surface area contributed by atoms with Crippen molar-refractivity contribution in [1.82, 2.24) is 15.2 Å². The molecule has 1 saturated heterocycles. The Morgan fingerprint density at radius 3 is 2.60 bits per heavy atom. The van der Waals surface area contributed by atoms with E-state index in [4.69, 9.17) is 4.42 Å². The van der Waals surface area contributed by atoms with E-state index in [0.717, 1.165) is 0 Å². The molecule has 3 heterocycles. The van der Waals surface area contributed by atoms with E-state index in [1.165, 1.54) is 29.2 Å². The molecule has 3 aromatic rings. The molecule has 35 heavy (non-hydrogen) atoms. The quantitative estimate of drug-likeness (QED) is 0.557. The monoisotopic (exact) mass is 483 g/mol. The van der Waals surface area contributed by atoms with Crippen molar-refractivity contribution in [3.05, 3.63) is 59.6 Å². The van der Waals surface area contributed by atoms with Gasteiger partial charge >= 0.3 is 0 Å². The Morgan fingerprint density at radius 1 is 1.17 bits per heavy atom. The van der Waals surface area contributed by atoms with Crippen LogP contribution in [-0.2, 0) is 4.79 Å². The number of nitrogens with one attached hydrogen (secondary N) is 1. The molecular weight excluding hydrogens is 459 g/mol. The third-order valence-electron chi connectivity index (χ3n) is 6.68. The van der Waals surface area contributed by atoms with E-state index in [-0.39, 0.29) is 30.9 Å². The number of furan rings is 1. The summed E-state index contributed by atoms with van der Waals surface area (Å²) in [6.07, 6.45) is 0.951. The number of allylic oxidation sites excluding steroid dienone is 2. The fourth-order valence-corrected chi connectivity index (χ4v) is 4.56. The number of halogens is 3. The van der Waals surface area contributed by atoms with Crippen molar-refractivity contribution >= 4 is 28.5 Å². The SMILES string of the molecule is CC1(C)C(=O)NCCN1C(=O)c1cc2nc(-c3ccc(F)cc3)cc(C3=CCC(F)(F)CC3)c2o1. The van der Waals surface area contributed by atoms with Crippen LogP contribution in [0, 0.1) is 5.82 Å².